The van der Waals surface area contributed by atoms with Crippen LogP contribution in [-0.2, 0) is 11.2 Å². The molecule has 52 heavy (non-hydrogen) atoms. The standard InChI is InChI=1S/C40H40N8O4/c1-3-4-9-30-26-36(48(46-30)31-15-13-27(2)14-16-31)44-40(50)43-34-17-18-35(33-12-6-5-11-32(33)34)52-37-19-20-41-39(45-37)42-29-10-7-8-28(25-29)38(49)47-21-23-51-24-22-47/h5-8,10-20,25-26H,3-4,9,21-24H2,1-2H3,(H,41,42,45)(H2,43,44,50). The Morgan fingerprint density at radius 2 is 1.69 bits per heavy atom. The SMILES string of the molecule is CCCCc1cc(NC(=O)Nc2ccc(Oc3ccnc(Nc4cccc(C(=O)N5CCOCC5)c4)n3)c3ccccc23)n(-c2ccc(C)cc2)n1. The molecule has 264 valence electrons. The molecule has 0 bridgehead atoms. The summed E-state index contributed by atoms with van der Waals surface area (Å²) in [7, 11) is 0. The average molecular weight is 697 g/mol. The van der Waals surface area contributed by atoms with Gasteiger partial charge in [0.25, 0.3) is 5.91 Å². The van der Waals surface area contributed by atoms with Crippen LogP contribution in [0.25, 0.3) is 16.5 Å². The van der Waals surface area contributed by atoms with Crippen LogP contribution in [0, 0.1) is 6.92 Å². The van der Waals surface area contributed by atoms with E-state index in [2.05, 4.69) is 32.8 Å². The molecule has 0 spiro atoms. The number of urea groups is 1. The van der Waals surface area contributed by atoms with Crippen molar-refractivity contribution in [2.45, 2.75) is 33.1 Å². The van der Waals surface area contributed by atoms with Crippen molar-refractivity contribution in [3.8, 4) is 17.3 Å². The van der Waals surface area contributed by atoms with Gasteiger partial charge >= 0.3 is 6.03 Å². The molecule has 12 heteroatoms. The van der Waals surface area contributed by atoms with Crippen LogP contribution >= 0.6 is 0 Å². The minimum absolute atomic E-state index is 0.0438. The van der Waals surface area contributed by atoms with Crippen LogP contribution in [0.4, 0.5) is 27.9 Å². The Labute approximate surface area is 301 Å². The van der Waals surface area contributed by atoms with Gasteiger partial charge in [0.2, 0.25) is 11.8 Å². The summed E-state index contributed by atoms with van der Waals surface area (Å²) in [5.41, 5.74) is 4.79. The number of nitrogens with one attached hydrogen (secondary N) is 3. The maximum atomic E-state index is 13.4. The Hall–Kier alpha value is -6.27. The van der Waals surface area contributed by atoms with Gasteiger partial charge in [0.05, 0.1) is 30.3 Å². The predicted molar refractivity (Wildman–Crippen MR) is 202 cm³/mol. The molecule has 0 atom stereocenters. The summed E-state index contributed by atoms with van der Waals surface area (Å²) in [4.78, 5) is 37.2. The third-order valence-corrected chi connectivity index (χ3v) is 8.71. The van der Waals surface area contributed by atoms with Crippen molar-refractivity contribution >= 4 is 45.9 Å². The Morgan fingerprint density at radius 1 is 0.885 bits per heavy atom. The highest BCUT2D eigenvalue weighted by Crippen LogP contribution is 2.34. The highest BCUT2D eigenvalue weighted by atomic mass is 16.5. The molecule has 0 unspecified atom stereocenters. The molecule has 1 fully saturated rings. The average Bonchev–Trinajstić information content (AvgIpc) is 3.57. The Bertz CT molecular complexity index is 2190. The quantitative estimate of drug-likeness (QED) is 0.124. The lowest BCUT2D eigenvalue weighted by molar-refractivity contribution is 0.0303. The summed E-state index contributed by atoms with van der Waals surface area (Å²) >= 11 is 0. The summed E-state index contributed by atoms with van der Waals surface area (Å²) in [6.07, 6.45) is 4.49. The molecule has 4 aromatic carbocycles. The molecule has 1 saturated heterocycles. The molecule has 6 aromatic rings. The Balaban J connectivity index is 1.06. The van der Waals surface area contributed by atoms with Crippen molar-refractivity contribution in [2.75, 3.05) is 42.3 Å². The first kappa shape index (κ1) is 34.2. The van der Waals surface area contributed by atoms with E-state index in [-0.39, 0.29) is 5.91 Å². The molecule has 0 saturated carbocycles. The van der Waals surface area contributed by atoms with Crippen LogP contribution in [0.2, 0.25) is 0 Å². The van der Waals surface area contributed by atoms with Crippen molar-refractivity contribution in [1.29, 1.82) is 0 Å². The van der Waals surface area contributed by atoms with Gasteiger partial charge in [-0.3, -0.25) is 10.1 Å². The van der Waals surface area contributed by atoms with Gasteiger partial charge in [0, 0.05) is 53.4 Å². The van der Waals surface area contributed by atoms with E-state index in [4.69, 9.17) is 14.6 Å². The number of rotatable bonds is 11. The maximum Gasteiger partial charge on any atom is 0.324 e. The van der Waals surface area contributed by atoms with Gasteiger partial charge in [-0.15, -0.1) is 0 Å². The number of amides is 3. The van der Waals surface area contributed by atoms with Gasteiger partial charge < -0.3 is 25.0 Å². The Morgan fingerprint density at radius 3 is 2.50 bits per heavy atom. The molecule has 12 nitrogen and oxygen atoms in total. The molecule has 3 heterocycles. The number of ether oxygens (including phenoxy) is 2. The number of carbonyl (C=O) groups is 2. The van der Waals surface area contributed by atoms with E-state index < -0.39 is 6.03 Å². The van der Waals surface area contributed by atoms with Crippen molar-refractivity contribution < 1.29 is 19.1 Å². The molecular formula is C40H40N8O4. The zero-order valence-corrected chi connectivity index (χ0v) is 29.1. The Kier molecular flexibility index (Phi) is 10.3. The highest BCUT2D eigenvalue weighted by Gasteiger charge is 2.19. The fourth-order valence-electron chi connectivity index (χ4n) is 6.00. The smallest absolute Gasteiger partial charge is 0.324 e. The van der Waals surface area contributed by atoms with E-state index in [1.807, 2.05) is 73.7 Å². The molecule has 1 aliphatic heterocycles. The van der Waals surface area contributed by atoms with Crippen LogP contribution in [0.15, 0.2) is 103 Å². The third-order valence-electron chi connectivity index (χ3n) is 8.71. The van der Waals surface area contributed by atoms with Crippen LogP contribution in [0.1, 0.15) is 41.4 Å². The first-order chi connectivity index (χ1) is 25.4. The molecular weight excluding hydrogens is 656 g/mol. The second kappa shape index (κ2) is 15.7. The van der Waals surface area contributed by atoms with Crippen LogP contribution in [-0.4, -0.2) is 62.9 Å². The monoisotopic (exact) mass is 696 g/mol. The molecule has 1 aliphatic rings. The van der Waals surface area contributed by atoms with Crippen molar-refractivity contribution in [3.05, 3.63) is 120 Å². The first-order valence-corrected chi connectivity index (χ1v) is 17.4. The van der Waals surface area contributed by atoms with Gasteiger partial charge in [-0.05, 0) is 62.2 Å². The molecule has 7 rings (SSSR count). The first-order valence-electron chi connectivity index (χ1n) is 17.4. The van der Waals surface area contributed by atoms with Crippen molar-refractivity contribution in [2.24, 2.45) is 0 Å². The summed E-state index contributed by atoms with van der Waals surface area (Å²) < 4.78 is 13.4. The summed E-state index contributed by atoms with van der Waals surface area (Å²) in [6, 6.07) is 29.8. The maximum absolute atomic E-state index is 13.4. The van der Waals surface area contributed by atoms with Gasteiger partial charge in [0.1, 0.15) is 11.6 Å². The molecule has 0 aliphatic carbocycles. The number of morpholine rings is 1. The van der Waals surface area contributed by atoms with E-state index in [0.717, 1.165) is 47.0 Å². The van der Waals surface area contributed by atoms with Crippen LogP contribution in [0.3, 0.4) is 0 Å². The highest BCUT2D eigenvalue weighted by molar-refractivity contribution is 6.07. The number of hydrogen-bond donors (Lipinski definition) is 3. The number of aryl methyl sites for hydroxylation is 2. The molecule has 3 amide bonds. The van der Waals surface area contributed by atoms with Crippen LogP contribution in [0.5, 0.6) is 11.6 Å². The number of aromatic nitrogens is 4. The van der Waals surface area contributed by atoms with Crippen molar-refractivity contribution in [1.82, 2.24) is 24.6 Å². The second-order valence-corrected chi connectivity index (χ2v) is 12.5. The lowest BCUT2D eigenvalue weighted by Crippen LogP contribution is -2.40. The predicted octanol–water partition coefficient (Wildman–Crippen LogP) is 8.12. The van der Waals surface area contributed by atoms with Gasteiger partial charge in [-0.25, -0.2) is 14.5 Å². The number of unbranched alkanes of at least 4 members (excludes halogenated alkanes) is 1. The summed E-state index contributed by atoms with van der Waals surface area (Å²) in [5.74, 6) is 1.74. The van der Waals surface area contributed by atoms with Crippen LogP contribution < -0.4 is 20.7 Å². The lowest BCUT2D eigenvalue weighted by atomic mass is 10.1. The fourth-order valence-corrected chi connectivity index (χ4v) is 6.00. The lowest BCUT2D eigenvalue weighted by Gasteiger charge is -2.27. The topological polar surface area (TPSA) is 136 Å². The summed E-state index contributed by atoms with van der Waals surface area (Å²) in [5, 5.41) is 15.6. The number of fused-ring (bicyclic) bond motifs is 1. The largest absolute Gasteiger partial charge is 0.438 e. The molecule has 0 radical (unpaired) electrons. The number of carbonyl (C=O) groups excluding carboxylic acids is 2. The van der Waals surface area contributed by atoms with Gasteiger partial charge in [-0.1, -0.05) is 61.4 Å². The number of benzene rings is 4. The summed E-state index contributed by atoms with van der Waals surface area (Å²) in [6.45, 7) is 6.39. The van der Waals surface area contributed by atoms with E-state index in [9.17, 15) is 9.59 Å². The van der Waals surface area contributed by atoms with E-state index >= 15 is 0 Å². The third kappa shape index (κ3) is 8.03. The van der Waals surface area contributed by atoms with E-state index in [1.165, 1.54) is 0 Å². The number of anilines is 4. The molecule has 3 N–H and O–H groups in total. The number of hydrogen-bond acceptors (Lipinski definition) is 8. The van der Waals surface area contributed by atoms with Gasteiger partial charge in [0.15, 0.2) is 0 Å². The van der Waals surface area contributed by atoms with E-state index in [0.29, 0.717) is 66.6 Å². The molecule has 2 aromatic heterocycles. The minimum Gasteiger partial charge on any atom is -0.438 e. The second-order valence-electron chi connectivity index (χ2n) is 12.5. The van der Waals surface area contributed by atoms with E-state index in [1.54, 1.807) is 46.1 Å². The number of nitrogens with zero attached hydrogens (tertiary/aromatic N) is 5. The minimum atomic E-state index is -0.392. The zero-order valence-electron chi connectivity index (χ0n) is 29.1. The van der Waals surface area contributed by atoms with Crippen molar-refractivity contribution in [3.63, 3.8) is 0 Å². The van der Waals surface area contributed by atoms with Gasteiger partial charge in [-0.2, -0.15) is 10.1 Å². The fraction of sp³-hybridized carbons (Fsp3) is 0.225. The zero-order chi connectivity index (χ0) is 35.9. The normalized spacial score (nSPS) is 12.8.